The largest absolute Gasteiger partial charge is 0.354 e. The summed E-state index contributed by atoms with van der Waals surface area (Å²) in [5.41, 5.74) is 2.29. The van der Waals surface area contributed by atoms with E-state index < -0.39 is 0 Å². The van der Waals surface area contributed by atoms with Crippen LogP contribution in [-0.2, 0) is 17.9 Å². The van der Waals surface area contributed by atoms with Crippen LogP contribution in [0, 0.1) is 13.8 Å². The number of hydrogen-bond acceptors (Lipinski definition) is 4. The predicted octanol–water partition coefficient (Wildman–Crippen LogP) is 3.09. The molecule has 0 radical (unpaired) electrons. The Hall–Kier alpha value is -1.92. The molecule has 0 aliphatic carbocycles. The van der Waals surface area contributed by atoms with E-state index in [1.165, 1.54) is 29.7 Å². The molecule has 5 nitrogen and oxygen atoms in total. The molecule has 0 bridgehead atoms. The van der Waals surface area contributed by atoms with Gasteiger partial charge in [0.2, 0.25) is 5.91 Å². The number of nitrogens with zero attached hydrogens (tertiary/aromatic N) is 2. The number of likely N-dealkylation sites (tertiary alicyclic amines) is 1. The molecule has 1 saturated heterocycles. The van der Waals surface area contributed by atoms with Crippen LogP contribution in [0.25, 0.3) is 0 Å². The van der Waals surface area contributed by atoms with Gasteiger partial charge in [0.05, 0.1) is 0 Å². The van der Waals surface area contributed by atoms with Crippen LogP contribution in [0.1, 0.15) is 41.8 Å². The van der Waals surface area contributed by atoms with Gasteiger partial charge in [0.1, 0.15) is 0 Å². The monoisotopic (exact) mass is 387 g/mol. The van der Waals surface area contributed by atoms with E-state index in [-0.39, 0.29) is 10.8 Å². The summed E-state index contributed by atoms with van der Waals surface area (Å²) in [6, 6.07) is 10.9. The van der Waals surface area contributed by atoms with Gasteiger partial charge in [-0.05, 0) is 38.8 Å². The lowest BCUT2D eigenvalue weighted by Gasteiger charge is -2.36. The van der Waals surface area contributed by atoms with Gasteiger partial charge < -0.3 is 9.88 Å². The molecule has 2 aromatic rings. The summed E-state index contributed by atoms with van der Waals surface area (Å²) in [5, 5.41) is 3.09. The molecule has 1 aliphatic rings. The van der Waals surface area contributed by atoms with Gasteiger partial charge in [-0.15, -0.1) is 0 Å². The Bertz CT molecular complexity index is 813. The van der Waals surface area contributed by atoms with E-state index in [0.717, 1.165) is 30.1 Å². The molecule has 2 heterocycles. The molecule has 1 fully saturated rings. The molecule has 0 spiro atoms. The van der Waals surface area contributed by atoms with Crippen molar-refractivity contribution >= 4 is 17.2 Å². The van der Waals surface area contributed by atoms with Crippen molar-refractivity contribution in [2.24, 2.45) is 0 Å². The topological polar surface area (TPSA) is 54.3 Å². The third-order valence-electron chi connectivity index (χ3n) is 5.45. The van der Waals surface area contributed by atoms with Gasteiger partial charge >= 0.3 is 4.87 Å². The first-order chi connectivity index (χ1) is 13.0. The molecular weight excluding hydrogens is 358 g/mol. The minimum absolute atomic E-state index is 0.0235. The highest BCUT2D eigenvalue weighted by Crippen LogP contribution is 2.19. The maximum atomic E-state index is 12.3. The summed E-state index contributed by atoms with van der Waals surface area (Å²) in [7, 11) is 0. The molecule has 1 unspecified atom stereocenters. The average Bonchev–Trinajstić information content (AvgIpc) is 2.92. The lowest BCUT2D eigenvalue weighted by molar-refractivity contribution is -0.121. The van der Waals surface area contributed by atoms with Crippen LogP contribution in [0.3, 0.4) is 0 Å². The van der Waals surface area contributed by atoms with E-state index in [0.29, 0.717) is 25.6 Å². The predicted molar refractivity (Wildman–Crippen MR) is 110 cm³/mol. The third-order valence-corrected chi connectivity index (χ3v) is 6.45. The van der Waals surface area contributed by atoms with Crippen molar-refractivity contribution in [2.75, 3.05) is 13.1 Å². The molecule has 1 atom stereocenters. The summed E-state index contributed by atoms with van der Waals surface area (Å²) in [5.74, 6) is 0.0235. The molecule has 1 aromatic heterocycles. The van der Waals surface area contributed by atoms with Crippen molar-refractivity contribution in [2.45, 2.75) is 58.7 Å². The summed E-state index contributed by atoms with van der Waals surface area (Å²) in [4.78, 5) is 27.8. The Labute approximate surface area is 165 Å². The number of aryl methyl sites for hydroxylation is 1. The van der Waals surface area contributed by atoms with Crippen LogP contribution < -0.4 is 10.2 Å². The van der Waals surface area contributed by atoms with Gasteiger partial charge in [-0.2, -0.15) is 0 Å². The fraction of sp³-hybridized carbons (Fsp3) is 0.524. The van der Waals surface area contributed by atoms with Crippen LogP contribution in [0.4, 0.5) is 0 Å². The zero-order valence-corrected chi connectivity index (χ0v) is 17.1. The van der Waals surface area contributed by atoms with E-state index in [2.05, 4.69) is 34.5 Å². The van der Waals surface area contributed by atoms with Crippen molar-refractivity contribution in [3.63, 3.8) is 0 Å². The van der Waals surface area contributed by atoms with Crippen molar-refractivity contribution in [1.82, 2.24) is 14.8 Å². The molecule has 3 rings (SSSR count). The Morgan fingerprint density at radius 3 is 2.70 bits per heavy atom. The second-order valence-electron chi connectivity index (χ2n) is 7.32. The Balaban J connectivity index is 1.49. The number of benzene rings is 1. The molecule has 27 heavy (non-hydrogen) atoms. The number of carbonyl (C=O) groups excluding carboxylic acids is 1. The Morgan fingerprint density at radius 1 is 1.22 bits per heavy atom. The number of hydrogen-bond donors (Lipinski definition) is 1. The molecule has 1 N–H and O–H groups in total. The van der Waals surface area contributed by atoms with Crippen LogP contribution >= 0.6 is 11.3 Å². The zero-order valence-electron chi connectivity index (χ0n) is 16.2. The second-order valence-corrected chi connectivity index (χ2v) is 8.49. The lowest BCUT2D eigenvalue weighted by atomic mass is 10.0. The van der Waals surface area contributed by atoms with Gasteiger partial charge in [-0.3, -0.25) is 14.5 Å². The highest BCUT2D eigenvalue weighted by Gasteiger charge is 2.23. The van der Waals surface area contributed by atoms with Crippen molar-refractivity contribution in [3.8, 4) is 0 Å². The molecule has 1 amide bonds. The van der Waals surface area contributed by atoms with E-state index >= 15 is 0 Å². The van der Waals surface area contributed by atoms with Crippen LogP contribution in [0.5, 0.6) is 0 Å². The third kappa shape index (κ3) is 5.30. The standard InChI is InChI=1S/C21H29N3O2S/c1-16-17(2)27-21(26)24(16)13-11-20(25)22-14-19-10-6-7-12-23(19)15-18-8-4-3-5-9-18/h3-5,8-9,19H,6-7,10-15H2,1-2H3,(H,22,25). The first-order valence-electron chi connectivity index (χ1n) is 9.76. The number of carbonyl (C=O) groups is 1. The van der Waals surface area contributed by atoms with E-state index in [9.17, 15) is 9.59 Å². The average molecular weight is 388 g/mol. The summed E-state index contributed by atoms with van der Waals surface area (Å²) < 4.78 is 1.71. The smallest absolute Gasteiger partial charge is 0.307 e. The minimum atomic E-state index is 0.0235. The van der Waals surface area contributed by atoms with Crippen LogP contribution in [-0.4, -0.2) is 34.5 Å². The number of amides is 1. The van der Waals surface area contributed by atoms with Crippen LogP contribution in [0.15, 0.2) is 35.1 Å². The number of aromatic nitrogens is 1. The highest BCUT2D eigenvalue weighted by molar-refractivity contribution is 7.09. The number of piperidine rings is 1. The minimum Gasteiger partial charge on any atom is -0.354 e. The lowest BCUT2D eigenvalue weighted by Crippen LogP contribution is -2.46. The summed E-state index contributed by atoms with van der Waals surface area (Å²) in [6.07, 6.45) is 3.91. The van der Waals surface area contributed by atoms with E-state index in [4.69, 9.17) is 0 Å². The Kier molecular flexibility index (Phi) is 6.85. The molecule has 0 saturated carbocycles. The van der Waals surface area contributed by atoms with Crippen LogP contribution in [0.2, 0.25) is 0 Å². The molecule has 6 heteroatoms. The fourth-order valence-corrected chi connectivity index (χ4v) is 4.55. The van der Waals surface area contributed by atoms with Gasteiger partial charge in [-0.1, -0.05) is 48.1 Å². The molecular formula is C21H29N3O2S. The van der Waals surface area contributed by atoms with Gasteiger partial charge in [-0.25, -0.2) is 0 Å². The van der Waals surface area contributed by atoms with Gasteiger partial charge in [0.15, 0.2) is 0 Å². The normalized spacial score (nSPS) is 17.8. The van der Waals surface area contributed by atoms with Crippen molar-refractivity contribution in [3.05, 3.63) is 56.1 Å². The van der Waals surface area contributed by atoms with E-state index in [1.807, 2.05) is 19.9 Å². The van der Waals surface area contributed by atoms with Gasteiger partial charge in [0, 0.05) is 42.7 Å². The van der Waals surface area contributed by atoms with Crippen molar-refractivity contribution < 1.29 is 4.79 Å². The maximum Gasteiger partial charge on any atom is 0.307 e. The first-order valence-corrected chi connectivity index (χ1v) is 10.6. The molecule has 146 valence electrons. The Morgan fingerprint density at radius 2 is 2.00 bits per heavy atom. The first kappa shape index (κ1) is 19.8. The maximum absolute atomic E-state index is 12.3. The number of nitrogens with one attached hydrogen (secondary N) is 1. The fourth-order valence-electron chi connectivity index (χ4n) is 3.70. The SMILES string of the molecule is Cc1sc(=O)n(CCC(=O)NCC2CCCCN2Cc2ccccc2)c1C. The van der Waals surface area contributed by atoms with Gasteiger partial charge in [0.25, 0.3) is 0 Å². The van der Waals surface area contributed by atoms with E-state index in [1.54, 1.807) is 4.57 Å². The summed E-state index contributed by atoms with van der Waals surface area (Å²) in [6.45, 7) is 7.04. The van der Waals surface area contributed by atoms with Crippen molar-refractivity contribution in [1.29, 1.82) is 0 Å². The number of rotatable bonds is 7. The number of thiazole rings is 1. The quantitative estimate of drug-likeness (QED) is 0.794. The second kappa shape index (κ2) is 9.33. The summed E-state index contributed by atoms with van der Waals surface area (Å²) >= 11 is 1.25. The highest BCUT2D eigenvalue weighted by atomic mass is 32.1. The molecule has 1 aromatic carbocycles. The molecule has 1 aliphatic heterocycles. The zero-order chi connectivity index (χ0) is 19.2.